The number of nitrogens with one attached hydrogen (secondary N) is 1. The Balaban J connectivity index is 2.53. The molecular formula is C12H16BrNO2. The number of carbonyl (C=O) groups is 1. The highest BCUT2D eigenvalue weighted by molar-refractivity contribution is 9.10. The maximum absolute atomic E-state index is 11.7. The molecule has 1 unspecified atom stereocenters. The molecule has 0 saturated heterocycles. The lowest BCUT2D eigenvalue weighted by Crippen LogP contribution is -2.29. The molecule has 88 valence electrons. The average molecular weight is 286 g/mol. The molecule has 1 rings (SSSR count). The second-order valence-corrected chi connectivity index (χ2v) is 4.56. The Kier molecular flexibility index (Phi) is 5.49. The fraction of sp³-hybridized carbons (Fsp3) is 0.417. The zero-order chi connectivity index (χ0) is 12.0. The van der Waals surface area contributed by atoms with Crippen molar-refractivity contribution in [1.82, 2.24) is 5.32 Å². The van der Waals surface area contributed by atoms with Crippen molar-refractivity contribution in [2.24, 2.45) is 0 Å². The molecule has 0 saturated carbocycles. The number of aliphatic hydroxyl groups excluding tert-OH is 1. The van der Waals surface area contributed by atoms with Crippen molar-refractivity contribution < 1.29 is 9.90 Å². The normalized spacial score (nSPS) is 12.2. The van der Waals surface area contributed by atoms with Gasteiger partial charge in [-0.25, -0.2) is 0 Å². The van der Waals surface area contributed by atoms with Gasteiger partial charge in [0, 0.05) is 17.6 Å². The Morgan fingerprint density at radius 2 is 2.06 bits per heavy atom. The summed E-state index contributed by atoms with van der Waals surface area (Å²) in [6.07, 6.45) is 0.596. The van der Waals surface area contributed by atoms with Crippen molar-refractivity contribution >= 4 is 21.8 Å². The Bertz CT molecular complexity index is 337. The van der Waals surface area contributed by atoms with Crippen LogP contribution in [0.5, 0.6) is 0 Å². The first-order valence-corrected chi connectivity index (χ1v) is 6.08. The number of benzene rings is 1. The van der Waals surface area contributed by atoms with Crippen LogP contribution in [-0.2, 0) is 4.79 Å². The van der Waals surface area contributed by atoms with Crippen LogP contribution in [0.25, 0.3) is 0 Å². The van der Waals surface area contributed by atoms with Crippen molar-refractivity contribution in [3.63, 3.8) is 0 Å². The molecule has 0 radical (unpaired) electrons. The molecule has 0 aliphatic rings. The number of rotatable bonds is 5. The second kappa shape index (κ2) is 6.66. The van der Waals surface area contributed by atoms with Crippen molar-refractivity contribution in [3.05, 3.63) is 34.3 Å². The minimum Gasteiger partial charge on any atom is -0.396 e. The molecule has 4 heteroatoms. The fourth-order valence-electron chi connectivity index (χ4n) is 1.35. The summed E-state index contributed by atoms with van der Waals surface area (Å²) in [5.74, 6) is -0.164. The van der Waals surface area contributed by atoms with E-state index in [0.29, 0.717) is 13.0 Å². The van der Waals surface area contributed by atoms with Crippen LogP contribution >= 0.6 is 15.9 Å². The number of hydrogen-bond donors (Lipinski definition) is 2. The first-order valence-electron chi connectivity index (χ1n) is 5.29. The molecule has 3 nitrogen and oxygen atoms in total. The van der Waals surface area contributed by atoms with Crippen LogP contribution < -0.4 is 5.32 Å². The van der Waals surface area contributed by atoms with E-state index in [0.717, 1.165) is 10.0 Å². The van der Waals surface area contributed by atoms with Gasteiger partial charge in [-0.3, -0.25) is 4.79 Å². The van der Waals surface area contributed by atoms with Gasteiger partial charge in [0.1, 0.15) is 0 Å². The highest BCUT2D eigenvalue weighted by Crippen LogP contribution is 2.18. The predicted molar refractivity (Wildman–Crippen MR) is 67.3 cm³/mol. The maximum Gasteiger partial charge on any atom is 0.227 e. The number of halogens is 1. The first kappa shape index (κ1) is 13.2. The van der Waals surface area contributed by atoms with Crippen molar-refractivity contribution in [2.45, 2.75) is 19.3 Å². The van der Waals surface area contributed by atoms with Gasteiger partial charge in [0.15, 0.2) is 0 Å². The van der Waals surface area contributed by atoms with E-state index in [2.05, 4.69) is 21.2 Å². The van der Waals surface area contributed by atoms with Gasteiger partial charge in [0.05, 0.1) is 5.92 Å². The third-order valence-electron chi connectivity index (χ3n) is 2.40. The molecule has 0 spiro atoms. The van der Waals surface area contributed by atoms with Crippen molar-refractivity contribution in [3.8, 4) is 0 Å². The highest BCUT2D eigenvalue weighted by atomic mass is 79.9. The minimum atomic E-state index is -0.160. The van der Waals surface area contributed by atoms with Crippen molar-refractivity contribution in [1.29, 1.82) is 0 Å². The molecule has 0 aliphatic heterocycles. The lowest BCUT2D eigenvalue weighted by atomic mass is 10.0. The smallest absolute Gasteiger partial charge is 0.227 e. The number of carbonyl (C=O) groups excluding carboxylic acids is 1. The molecule has 1 atom stereocenters. The van der Waals surface area contributed by atoms with Crippen LogP contribution in [0.3, 0.4) is 0 Å². The number of aliphatic hydroxyl groups is 1. The second-order valence-electron chi connectivity index (χ2n) is 3.64. The van der Waals surface area contributed by atoms with Gasteiger partial charge in [0.25, 0.3) is 0 Å². The van der Waals surface area contributed by atoms with Crippen LogP contribution in [-0.4, -0.2) is 24.2 Å². The third kappa shape index (κ3) is 3.94. The standard InChI is InChI=1S/C12H16BrNO2/c1-9(12(16)14-7-2-8-15)10-3-5-11(13)6-4-10/h3-6,9,15H,2,7-8H2,1H3,(H,14,16). The molecule has 0 aromatic heterocycles. The van der Waals surface area contributed by atoms with Crippen LogP contribution in [0.2, 0.25) is 0 Å². The summed E-state index contributed by atoms with van der Waals surface area (Å²) in [6.45, 7) is 2.50. The zero-order valence-corrected chi connectivity index (χ0v) is 10.8. The highest BCUT2D eigenvalue weighted by Gasteiger charge is 2.13. The molecule has 2 N–H and O–H groups in total. The van der Waals surface area contributed by atoms with Gasteiger partial charge >= 0.3 is 0 Å². The topological polar surface area (TPSA) is 49.3 Å². The lowest BCUT2D eigenvalue weighted by Gasteiger charge is -2.12. The summed E-state index contributed by atoms with van der Waals surface area (Å²) in [5, 5.41) is 11.4. The van der Waals surface area contributed by atoms with E-state index in [-0.39, 0.29) is 18.4 Å². The SMILES string of the molecule is CC(C(=O)NCCCO)c1ccc(Br)cc1. The molecule has 1 amide bonds. The fourth-order valence-corrected chi connectivity index (χ4v) is 1.61. The van der Waals surface area contributed by atoms with E-state index >= 15 is 0 Å². The van der Waals surface area contributed by atoms with Gasteiger partial charge in [-0.1, -0.05) is 28.1 Å². The van der Waals surface area contributed by atoms with E-state index in [1.54, 1.807) is 0 Å². The summed E-state index contributed by atoms with van der Waals surface area (Å²) in [5.41, 5.74) is 0.990. The quantitative estimate of drug-likeness (QED) is 0.814. The predicted octanol–water partition coefficient (Wildman–Crippen LogP) is 2.05. The van der Waals surface area contributed by atoms with Crippen LogP contribution in [0.1, 0.15) is 24.8 Å². The number of amides is 1. The third-order valence-corrected chi connectivity index (χ3v) is 2.93. The summed E-state index contributed by atoms with van der Waals surface area (Å²) >= 11 is 3.35. The monoisotopic (exact) mass is 285 g/mol. The van der Waals surface area contributed by atoms with Gasteiger partial charge in [-0.15, -0.1) is 0 Å². The Morgan fingerprint density at radius 3 is 2.62 bits per heavy atom. The van der Waals surface area contributed by atoms with Crippen molar-refractivity contribution in [2.75, 3.05) is 13.2 Å². The van der Waals surface area contributed by atoms with Crippen LogP contribution in [0.15, 0.2) is 28.7 Å². The molecule has 0 fully saturated rings. The average Bonchev–Trinajstić information content (AvgIpc) is 2.29. The Labute approximate surface area is 104 Å². The van der Waals surface area contributed by atoms with E-state index in [1.165, 1.54) is 0 Å². The van der Waals surface area contributed by atoms with E-state index < -0.39 is 0 Å². The lowest BCUT2D eigenvalue weighted by molar-refractivity contribution is -0.122. The summed E-state index contributed by atoms with van der Waals surface area (Å²) in [6, 6.07) is 7.71. The zero-order valence-electron chi connectivity index (χ0n) is 9.24. The van der Waals surface area contributed by atoms with E-state index in [9.17, 15) is 4.79 Å². The molecule has 1 aromatic carbocycles. The van der Waals surface area contributed by atoms with Gasteiger partial charge in [-0.05, 0) is 31.0 Å². The van der Waals surface area contributed by atoms with Gasteiger partial charge < -0.3 is 10.4 Å². The molecule has 0 bridgehead atoms. The first-order chi connectivity index (χ1) is 7.65. The Morgan fingerprint density at radius 1 is 1.44 bits per heavy atom. The largest absolute Gasteiger partial charge is 0.396 e. The summed E-state index contributed by atoms with van der Waals surface area (Å²) in [4.78, 5) is 11.7. The molecule has 1 aromatic rings. The van der Waals surface area contributed by atoms with Gasteiger partial charge in [0.2, 0.25) is 5.91 Å². The summed E-state index contributed by atoms with van der Waals surface area (Å²) < 4.78 is 1.00. The molecule has 16 heavy (non-hydrogen) atoms. The van der Waals surface area contributed by atoms with Gasteiger partial charge in [-0.2, -0.15) is 0 Å². The molecule has 0 aliphatic carbocycles. The molecule has 0 heterocycles. The number of hydrogen-bond acceptors (Lipinski definition) is 2. The minimum absolute atomic E-state index is 0.00391. The molecular weight excluding hydrogens is 270 g/mol. The van der Waals surface area contributed by atoms with Crippen LogP contribution in [0.4, 0.5) is 0 Å². The van der Waals surface area contributed by atoms with E-state index in [1.807, 2.05) is 31.2 Å². The Hall–Kier alpha value is -0.870. The van der Waals surface area contributed by atoms with E-state index in [4.69, 9.17) is 5.11 Å². The maximum atomic E-state index is 11.7. The summed E-state index contributed by atoms with van der Waals surface area (Å²) in [7, 11) is 0. The van der Waals surface area contributed by atoms with Crippen LogP contribution in [0, 0.1) is 0 Å².